The molecule has 0 saturated carbocycles. The van der Waals surface area contributed by atoms with Crippen LogP contribution >= 0.6 is 0 Å². The summed E-state index contributed by atoms with van der Waals surface area (Å²) >= 11 is 0. The number of nitrogens with one attached hydrogen (secondary N) is 1. The molecule has 1 rings (SSSR count). The summed E-state index contributed by atoms with van der Waals surface area (Å²) in [7, 11) is 0. The van der Waals surface area contributed by atoms with Crippen molar-refractivity contribution in [2.24, 2.45) is 5.92 Å². The molecule has 0 saturated heterocycles. The molecule has 5 nitrogen and oxygen atoms in total. The average Bonchev–Trinajstić information content (AvgIpc) is 2.30. The van der Waals surface area contributed by atoms with Crippen LogP contribution in [-0.2, 0) is 4.79 Å². The van der Waals surface area contributed by atoms with Crippen LogP contribution in [0.5, 0.6) is 5.75 Å². The number of aromatic hydroxyl groups is 1. The van der Waals surface area contributed by atoms with Crippen molar-refractivity contribution < 1.29 is 19.8 Å². The van der Waals surface area contributed by atoms with Crippen LogP contribution in [0.3, 0.4) is 0 Å². The fraction of sp³-hybridized carbons (Fsp3) is 0.429. The highest BCUT2D eigenvalue weighted by atomic mass is 16.4. The molecule has 0 aliphatic carbocycles. The molecule has 0 heterocycles. The molecule has 19 heavy (non-hydrogen) atoms. The molecule has 0 atom stereocenters. The van der Waals surface area contributed by atoms with Gasteiger partial charge in [0.15, 0.2) is 0 Å². The molecule has 1 aromatic carbocycles. The van der Waals surface area contributed by atoms with Gasteiger partial charge in [-0.3, -0.25) is 4.79 Å². The minimum atomic E-state index is -1.22. The van der Waals surface area contributed by atoms with Crippen molar-refractivity contribution in [2.45, 2.75) is 33.6 Å². The van der Waals surface area contributed by atoms with Gasteiger partial charge in [0.25, 0.3) is 0 Å². The Balaban J connectivity index is 2.85. The molecule has 0 aliphatic rings. The first-order valence-corrected chi connectivity index (χ1v) is 6.18. The van der Waals surface area contributed by atoms with E-state index >= 15 is 0 Å². The molecule has 104 valence electrons. The second kappa shape index (κ2) is 6.22. The molecule has 0 aliphatic heterocycles. The summed E-state index contributed by atoms with van der Waals surface area (Å²) in [4.78, 5) is 22.6. The van der Waals surface area contributed by atoms with Crippen LogP contribution in [0.4, 0.5) is 5.69 Å². The van der Waals surface area contributed by atoms with E-state index in [0.29, 0.717) is 23.6 Å². The minimum absolute atomic E-state index is 0.157. The van der Waals surface area contributed by atoms with Crippen molar-refractivity contribution >= 4 is 17.6 Å². The molecule has 0 unspecified atom stereocenters. The Bertz CT molecular complexity index is 494. The lowest BCUT2D eigenvalue weighted by Crippen LogP contribution is -2.13. The number of anilines is 1. The second-order valence-corrected chi connectivity index (χ2v) is 4.98. The van der Waals surface area contributed by atoms with Crippen LogP contribution in [0.1, 0.15) is 42.6 Å². The number of phenols is 1. The Labute approximate surface area is 112 Å². The van der Waals surface area contributed by atoms with Gasteiger partial charge in [-0.2, -0.15) is 0 Å². The number of benzene rings is 1. The highest BCUT2D eigenvalue weighted by Gasteiger charge is 2.14. The van der Waals surface area contributed by atoms with Crippen molar-refractivity contribution in [3.63, 3.8) is 0 Å². The lowest BCUT2D eigenvalue weighted by molar-refractivity contribution is -0.116. The van der Waals surface area contributed by atoms with Gasteiger partial charge in [0.05, 0.1) is 0 Å². The number of aryl methyl sites for hydroxylation is 1. The highest BCUT2D eigenvalue weighted by molar-refractivity contribution is 5.96. The summed E-state index contributed by atoms with van der Waals surface area (Å²) in [6, 6.07) is 2.81. The monoisotopic (exact) mass is 265 g/mol. The van der Waals surface area contributed by atoms with E-state index in [4.69, 9.17) is 5.11 Å². The summed E-state index contributed by atoms with van der Waals surface area (Å²) in [5, 5.41) is 21.2. The largest absolute Gasteiger partial charge is 0.507 e. The van der Waals surface area contributed by atoms with Gasteiger partial charge in [-0.15, -0.1) is 0 Å². The maximum Gasteiger partial charge on any atom is 0.339 e. The zero-order chi connectivity index (χ0) is 14.6. The third-order valence-electron chi connectivity index (χ3n) is 2.76. The predicted molar refractivity (Wildman–Crippen MR) is 72.5 cm³/mol. The number of carbonyl (C=O) groups is 2. The van der Waals surface area contributed by atoms with Crippen molar-refractivity contribution in [3.05, 3.63) is 23.3 Å². The fourth-order valence-corrected chi connectivity index (χ4v) is 1.66. The van der Waals surface area contributed by atoms with Gasteiger partial charge in [-0.25, -0.2) is 4.79 Å². The first kappa shape index (κ1) is 15.0. The Morgan fingerprint density at radius 3 is 2.47 bits per heavy atom. The van der Waals surface area contributed by atoms with E-state index in [2.05, 4.69) is 5.32 Å². The topological polar surface area (TPSA) is 86.6 Å². The standard InChI is InChI=1S/C14H19NO4/c1-8(2)4-5-12(16)15-10-6-9(3)13(17)11(7-10)14(18)19/h6-8,17H,4-5H2,1-3H3,(H,15,16)(H,18,19). The van der Waals surface area contributed by atoms with Gasteiger partial charge in [0.1, 0.15) is 11.3 Å². The fourth-order valence-electron chi connectivity index (χ4n) is 1.66. The molecule has 1 aromatic rings. The summed E-state index contributed by atoms with van der Waals surface area (Å²) in [5.74, 6) is -1.22. The smallest absolute Gasteiger partial charge is 0.339 e. The number of hydrogen-bond donors (Lipinski definition) is 3. The number of rotatable bonds is 5. The van der Waals surface area contributed by atoms with E-state index in [1.54, 1.807) is 13.0 Å². The molecule has 3 N–H and O–H groups in total. The second-order valence-electron chi connectivity index (χ2n) is 4.98. The molecule has 0 radical (unpaired) electrons. The molecule has 5 heteroatoms. The van der Waals surface area contributed by atoms with Gasteiger partial charge in [-0.05, 0) is 37.0 Å². The van der Waals surface area contributed by atoms with Crippen LogP contribution in [0.2, 0.25) is 0 Å². The third-order valence-corrected chi connectivity index (χ3v) is 2.76. The van der Waals surface area contributed by atoms with Crippen LogP contribution < -0.4 is 5.32 Å². The molecular formula is C14H19NO4. The summed E-state index contributed by atoms with van der Waals surface area (Å²) in [6.07, 6.45) is 1.16. The van der Waals surface area contributed by atoms with Crippen LogP contribution in [0.25, 0.3) is 0 Å². The molecule has 1 amide bonds. The van der Waals surface area contributed by atoms with Gasteiger partial charge >= 0.3 is 5.97 Å². The quantitative estimate of drug-likeness (QED) is 0.714. The Morgan fingerprint density at radius 1 is 1.32 bits per heavy atom. The van der Waals surface area contributed by atoms with Gasteiger partial charge in [0.2, 0.25) is 5.91 Å². The maximum absolute atomic E-state index is 11.7. The van der Waals surface area contributed by atoms with E-state index in [9.17, 15) is 14.7 Å². The normalized spacial score (nSPS) is 10.5. The number of carbonyl (C=O) groups excluding carboxylic acids is 1. The molecule has 0 aromatic heterocycles. The maximum atomic E-state index is 11.7. The molecule has 0 bridgehead atoms. The van der Waals surface area contributed by atoms with E-state index in [0.717, 1.165) is 6.42 Å². The van der Waals surface area contributed by atoms with E-state index in [-0.39, 0.29) is 17.2 Å². The van der Waals surface area contributed by atoms with E-state index in [1.165, 1.54) is 6.07 Å². The van der Waals surface area contributed by atoms with Crippen molar-refractivity contribution in [2.75, 3.05) is 5.32 Å². The molecule has 0 fully saturated rings. The average molecular weight is 265 g/mol. The van der Waals surface area contributed by atoms with Gasteiger partial charge < -0.3 is 15.5 Å². The SMILES string of the molecule is Cc1cc(NC(=O)CCC(C)C)cc(C(=O)O)c1O. The van der Waals surface area contributed by atoms with Crippen molar-refractivity contribution in [1.29, 1.82) is 0 Å². The summed E-state index contributed by atoms with van der Waals surface area (Å²) < 4.78 is 0. The number of hydrogen-bond acceptors (Lipinski definition) is 3. The molecule has 0 spiro atoms. The number of carboxylic acid groups (broad SMARTS) is 1. The summed E-state index contributed by atoms with van der Waals surface area (Å²) in [5.41, 5.74) is 0.597. The van der Waals surface area contributed by atoms with Gasteiger partial charge in [-0.1, -0.05) is 13.8 Å². The lowest BCUT2D eigenvalue weighted by Gasteiger charge is -2.10. The number of aromatic carboxylic acids is 1. The molecular weight excluding hydrogens is 246 g/mol. The summed E-state index contributed by atoms with van der Waals surface area (Å²) in [6.45, 7) is 5.65. The third kappa shape index (κ3) is 4.28. The zero-order valence-electron chi connectivity index (χ0n) is 11.4. The Morgan fingerprint density at radius 2 is 1.95 bits per heavy atom. The minimum Gasteiger partial charge on any atom is -0.507 e. The first-order valence-electron chi connectivity index (χ1n) is 6.18. The van der Waals surface area contributed by atoms with Gasteiger partial charge in [0, 0.05) is 12.1 Å². The zero-order valence-corrected chi connectivity index (χ0v) is 11.4. The Hall–Kier alpha value is -2.04. The van der Waals surface area contributed by atoms with Crippen LogP contribution in [0.15, 0.2) is 12.1 Å². The number of carboxylic acids is 1. The number of amides is 1. The van der Waals surface area contributed by atoms with E-state index in [1.807, 2.05) is 13.8 Å². The van der Waals surface area contributed by atoms with Crippen LogP contribution in [-0.4, -0.2) is 22.1 Å². The first-order chi connectivity index (χ1) is 8.81. The Kier molecular flexibility index (Phi) is 4.92. The predicted octanol–water partition coefficient (Wildman–Crippen LogP) is 2.77. The van der Waals surface area contributed by atoms with E-state index < -0.39 is 5.97 Å². The van der Waals surface area contributed by atoms with Crippen LogP contribution in [0, 0.1) is 12.8 Å². The highest BCUT2D eigenvalue weighted by Crippen LogP contribution is 2.26. The van der Waals surface area contributed by atoms with Crippen molar-refractivity contribution in [1.82, 2.24) is 0 Å². The van der Waals surface area contributed by atoms with Crippen molar-refractivity contribution in [3.8, 4) is 5.75 Å². The lowest BCUT2D eigenvalue weighted by atomic mass is 10.1.